The number of hydrogen-bond donors (Lipinski definition) is 4. The van der Waals surface area contributed by atoms with Crippen LogP contribution in [0.2, 0.25) is 0 Å². The van der Waals surface area contributed by atoms with Crippen LogP contribution in [0.4, 0.5) is 4.79 Å². The molecule has 8 heteroatoms. The molecule has 0 fully saturated rings. The third kappa shape index (κ3) is 16.4. The first kappa shape index (κ1) is 34.9. The average Bonchev–Trinajstić information content (AvgIpc) is 2.84. The lowest BCUT2D eigenvalue weighted by Gasteiger charge is -2.25. The number of allylic oxidation sites excluding steroid dienone is 1. The Morgan fingerprint density at radius 1 is 1.14 bits per heavy atom. The SMILES string of the molecule is C=C(N)NCCCC(C)C.C=CCC[C@H](NC(=O)OC)C(N)=O.CC[C@](C)(C(C)=O)c1ccccc1. The van der Waals surface area contributed by atoms with E-state index in [1.54, 1.807) is 13.0 Å². The van der Waals surface area contributed by atoms with E-state index in [-0.39, 0.29) is 11.2 Å². The molecule has 0 spiro atoms. The molecule has 6 N–H and O–H groups in total. The normalized spacial score (nSPS) is 12.3. The highest BCUT2D eigenvalue weighted by atomic mass is 16.5. The predicted octanol–water partition coefficient (Wildman–Crippen LogP) is 4.55. The Labute approximate surface area is 217 Å². The van der Waals surface area contributed by atoms with Crippen LogP contribution < -0.4 is 22.1 Å². The summed E-state index contributed by atoms with van der Waals surface area (Å²) < 4.78 is 4.33. The Morgan fingerprint density at radius 2 is 1.72 bits per heavy atom. The maximum Gasteiger partial charge on any atom is 0.407 e. The van der Waals surface area contributed by atoms with Crippen molar-refractivity contribution in [1.82, 2.24) is 10.6 Å². The summed E-state index contributed by atoms with van der Waals surface area (Å²) in [4.78, 5) is 33.0. The summed E-state index contributed by atoms with van der Waals surface area (Å²) in [5.74, 6) is 1.02. The first-order chi connectivity index (χ1) is 16.8. The number of ketones is 1. The first-order valence-electron chi connectivity index (χ1n) is 12.3. The topological polar surface area (TPSA) is 137 Å². The van der Waals surface area contributed by atoms with Crippen LogP contribution >= 0.6 is 0 Å². The second-order valence-corrected chi connectivity index (χ2v) is 9.05. The van der Waals surface area contributed by atoms with Crippen molar-refractivity contribution in [3.8, 4) is 0 Å². The van der Waals surface area contributed by atoms with Gasteiger partial charge >= 0.3 is 6.09 Å². The summed E-state index contributed by atoms with van der Waals surface area (Å²) >= 11 is 0. The molecule has 0 saturated carbocycles. The zero-order valence-electron chi connectivity index (χ0n) is 23.1. The van der Waals surface area contributed by atoms with Gasteiger partial charge in [0, 0.05) is 6.54 Å². The summed E-state index contributed by atoms with van der Waals surface area (Å²) in [6.45, 7) is 18.1. The zero-order chi connectivity index (χ0) is 28.1. The van der Waals surface area contributed by atoms with Crippen LogP contribution in [0.15, 0.2) is 55.4 Å². The van der Waals surface area contributed by atoms with Gasteiger partial charge < -0.3 is 26.8 Å². The van der Waals surface area contributed by atoms with Crippen LogP contribution in [0.3, 0.4) is 0 Å². The first-order valence-corrected chi connectivity index (χ1v) is 12.3. The van der Waals surface area contributed by atoms with Gasteiger partial charge in [0.2, 0.25) is 5.91 Å². The number of Topliss-reactive ketones (excluding diaryl/α,β-unsaturated/α-hetero) is 1. The number of carbonyl (C=O) groups is 3. The van der Waals surface area contributed by atoms with Gasteiger partial charge in [-0.15, -0.1) is 6.58 Å². The quantitative estimate of drug-likeness (QED) is 0.230. The summed E-state index contributed by atoms with van der Waals surface area (Å²) in [7, 11) is 1.22. The molecule has 0 unspecified atom stereocenters. The molecule has 0 aliphatic rings. The van der Waals surface area contributed by atoms with Crippen molar-refractivity contribution in [2.45, 2.75) is 78.2 Å². The van der Waals surface area contributed by atoms with Crippen LogP contribution in [0.1, 0.15) is 72.3 Å². The van der Waals surface area contributed by atoms with E-state index in [1.807, 2.05) is 37.3 Å². The molecule has 2 amide bonds. The van der Waals surface area contributed by atoms with E-state index in [0.29, 0.717) is 18.7 Å². The highest BCUT2D eigenvalue weighted by molar-refractivity contribution is 5.87. The molecule has 0 aliphatic carbocycles. The van der Waals surface area contributed by atoms with E-state index in [2.05, 4.69) is 49.3 Å². The van der Waals surface area contributed by atoms with Gasteiger partial charge in [-0.25, -0.2) is 4.79 Å². The highest BCUT2D eigenvalue weighted by Crippen LogP contribution is 2.27. The van der Waals surface area contributed by atoms with Gasteiger partial charge in [-0.2, -0.15) is 0 Å². The molecule has 1 aromatic carbocycles. The van der Waals surface area contributed by atoms with Crippen LogP contribution in [0, 0.1) is 5.92 Å². The molecular formula is C28H48N4O4. The third-order valence-corrected chi connectivity index (χ3v) is 5.69. The number of methoxy groups -OCH3 is 1. The lowest BCUT2D eigenvalue weighted by Crippen LogP contribution is -2.44. The van der Waals surface area contributed by atoms with Crippen molar-refractivity contribution >= 4 is 17.8 Å². The Hall–Kier alpha value is -3.29. The molecule has 0 aliphatic heterocycles. The minimum absolute atomic E-state index is 0.237. The van der Waals surface area contributed by atoms with Gasteiger partial charge in [-0.05, 0) is 57.4 Å². The fourth-order valence-corrected chi connectivity index (χ4v) is 2.99. The predicted molar refractivity (Wildman–Crippen MR) is 148 cm³/mol. The summed E-state index contributed by atoms with van der Waals surface area (Å²) in [5.41, 5.74) is 11.2. The number of carbonyl (C=O) groups excluding carboxylic acids is 3. The number of alkyl carbamates (subject to hydrolysis) is 1. The van der Waals surface area contributed by atoms with E-state index < -0.39 is 18.0 Å². The number of nitrogens with one attached hydrogen (secondary N) is 2. The van der Waals surface area contributed by atoms with E-state index in [1.165, 1.54) is 20.0 Å². The molecule has 204 valence electrons. The van der Waals surface area contributed by atoms with Crippen molar-refractivity contribution in [3.63, 3.8) is 0 Å². The van der Waals surface area contributed by atoms with E-state index in [9.17, 15) is 14.4 Å². The molecule has 0 bridgehead atoms. The van der Waals surface area contributed by atoms with Crippen LogP contribution in [-0.4, -0.2) is 37.5 Å². The van der Waals surface area contributed by atoms with Crippen molar-refractivity contribution in [1.29, 1.82) is 0 Å². The van der Waals surface area contributed by atoms with Crippen LogP contribution in [-0.2, 0) is 19.7 Å². The Bertz CT molecular complexity index is 796. The van der Waals surface area contributed by atoms with E-state index >= 15 is 0 Å². The lowest BCUT2D eigenvalue weighted by molar-refractivity contribution is -0.122. The molecule has 2 atom stereocenters. The van der Waals surface area contributed by atoms with Gasteiger partial charge in [-0.3, -0.25) is 9.59 Å². The lowest BCUT2D eigenvalue weighted by atomic mass is 9.77. The smallest absolute Gasteiger partial charge is 0.407 e. The monoisotopic (exact) mass is 504 g/mol. The number of ether oxygens (including phenoxy) is 1. The molecule has 8 nitrogen and oxygen atoms in total. The van der Waals surface area contributed by atoms with Crippen molar-refractivity contribution in [2.75, 3.05) is 13.7 Å². The molecule has 0 aromatic heterocycles. The number of rotatable bonds is 13. The van der Waals surface area contributed by atoms with Gasteiger partial charge in [-0.1, -0.05) is 63.8 Å². The fraction of sp³-hybridized carbons (Fsp3) is 0.536. The molecule has 36 heavy (non-hydrogen) atoms. The Balaban J connectivity index is 0. The van der Waals surface area contributed by atoms with Gasteiger partial charge in [0.25, 0.3) is 0 Å². The molecule has 0 radical (unpaired) electrons. The van der Waals surface area contributed by atoms with Crippen LogP contribution in [0.25, 0.3) is 0 Å². The maximum absolute atomic E-state index is 11.5. The highest BCUT2D eigenvalue weighted by Gasteiger charge is 2.29. The average molecular weight is 505 g/mol. The third-order valence-electron chi connectivity index (χ3n) is 5.69. The Kier molecular flexibility index (Phi) is 19.3. The standard InChI is InChI=1S/C12H16O.C8H14N2O3.C8H18N2/c1-4-12(3,10(2)13)11-8-6-5-7-9-11;1-3-4-5-6(7(9)11)10-8(12)13-2;1-7(2)5-4-6-10-8(3)9/h5-9H,4H2,1-3H3;3,6H,1,4-5H2,2H3,(H2,9,11)(H,10,12);7,10H,3-6,9H2,1-2H3/t12-;6-;/m10./s1. The van der Waals surface area contributed by atoms with Crippen molar-refractivity contribution in [2.24, 2.45) is 17.4 Å². The number of primary amides is 1. The minimum atomic E-state index is -0.689. The second kappa shape index (κ2) is 20.0. The van der Waals surface area contributed by atoms with E-state index in [4.69, 9.17) is 11.5 Å². The number of hydrogen-bond acceptors (Lipinski definition) is 6. The second-order valence-electron chi connectivity index (χ2n) is 9.05. The number of nitrogens with two attached hydrogens (primary N) is 2. The van der Waals surface area contributed by atoms with Crippen molar-refractivity contribution < 1.29 is 19.1 Å². The summed E-state index contributed by atoms with van der Waals surface area (Å²) in [5, 5.41) is 5.30. The van der Waals surface area contributed by atoms with Gasteiger partial charge in [0.1, 0.15) is 11.8 Å². The molecular weight excluding hydrogens is 456 g/mol. The fourth-order valence-electron chi connectivity index (χ4n) is 2.99. The number of amides is 2. The van der Waals surface area contributed by atoms with E-state index in [0.717, 1.165) is 24.4 Å². The van der Waals surface area contributed by atoms with Gasteiger partial charge in [0.15, 0.2) is 0 Å². The zero-order valence-corrected chi connectivity index (χ0v) is 23.1. The Morgan fingerprint density at radius 3 is 2.11 bits per heavy atom. The number of benzene rings is 1. The molecule has 0 heterocycles. The largest absolute Gasteiger partial charge is 0.453 e. The van der Waals surface area contributed by atoms with Crippen molar-refractivity contribution in [3.05, 3.63) is 61.0 Å². The molecule has 1 rings (SSSR count). The maximum atomic E-state index is 11.5. The van der Waals surface area contributed by atoms with Crippen LogP contribution in [0.5, 0.6) is 0 Å². The molecule has 1 aromatic rings. The summed E-state index contributed by atoms with van der Waals surface area (Å²) in [6.07, 6.45) is 5.31. The summed E-state index contributed by atoms with van der Waals surface area (Å²) in [6, 6.07) is 9.28. The minimum Gasteiger partial charge on any atom is -0.453 e. The van der Waals surface area contributed by atoms with Gasteiger partial charge in [0.05, 0.1) is 18.3 Å². The molecule has 0 saturated heterocycles.